The fourth-order valence-electron chi connectivity index (χ4n) is 5.27. The number of ether oxygens (including phenoxy) is 2. The molecule has 2 aliphatic rings. The van der Waals surface area contributed by atoms with Gasteiger partial charge in [0, 0.05) is 35.3 Å². The largest absolute Gasteiger partial charge is 0.478 e. The summed E-state index contributed by atoms with van der Waals surface area (Å²) in [5.74, 6) is -2.34. The number of halogens is 6. The van der Waals surface area contributed by atoms with Gasteiger partial charge in [0.15, 0.2) is 5.82 Å². The van der Waals surface area contributed by atoms with Crippen LogP contribution in [0.15, 0.2) is 36.4 Å². The summed E-state index contributed by atoms with van der Waals surface area (Å²) < 4.78 is 70.0. The van der Waals surface area contributed by atoms with E-state index in [-0.39, 0.29) is 49.3 Å². The third kappa shape index (κ3) is 6.01. The third-order valence-corrected chi connectivity index (χ3v) is 8.20. The molecule has 1 N–H and O–H groups in total. The topological polar surface area (TPSA) is 89.7 Å². The van der Waals surface area contributed by atoms with Gasteiger partial charge in [0.2, 0.25) is 5.88 Å². The molecular weight excluding hydrogens is 615 g/mol. The number of benzene rings is 2. The fraction of sp³-hybridized carbons (Fsp3) is 0.345. The van der Waals surface area contributed by atoms with Gasteiger partial charge < -0.3 is 19.1 Å². The summed E-state index contributed by atoms with van der Waals surface area (Å²) in [4.78, 5) is 22.4. The Kier molecular flexibility index (Phi) is 7.97. The minimum Gasteiger partial charge on any atom is -0.478 e. The average molecular weight is 639 g/mol. The van der Waals surface area contributed by atoms with Crippen LogP contribution in [0.4, 0.5) is 17.6 Å². The summed E-state index contributed by atoms with van der Waals surface area (Å²) >= 11 is 12.1. The lowest BCUT2D eigenvalue weighted by atomic mass is 10.0. The highest BCUT2D eigenvalue weighted by molar-refractivity contribution is 6.35. The van der Waals surface area contributed by atoms with Crippen molar-refractivity contribution in [2.45, 2.75) is 51.4 Å². The molecule has 1 fully saturated rings. The van der Waals surface area contributed by atoms with E-state index < -0.39 is 35.0 Å². The maximum Gasteiger partial charge on any atom is 0.421 e. The van der Waals surface area contributed by atoms with Crippen LogP contribution in [0.1, 0.15) is 45.0 Å². The minimum atomic E-state index is -4.69. The van der Waals surface area contributed by atoms with E-state index in [0.29, 0.717) is 46.3 Å². The van der Waals surface area contributed by atoms with Gasteiger partial charge >= 0.3 is 12.1 Å². The number of pyridine rings is 1. The molecule has 6 rings (SSSR count). The molecule has 1 atom stereocenters. The molecule has 0 radical (unpaired) electrons. The Labute approximate surface area is 252 Å². The van der Waals surface area contributed by atoms with Crippen LogP contribution in [0.5, 0.6) is 5.88 Å². The molecule has 0 unspecified atom stereocenters. The monoisotopic (exact) mass is 638 g/mol. The molecule has 2 aliphatic heterocycles. The second-order valence-electron chi connectivity index (χ2n) is 10.4. The SMILES string of the molecule is O=C(O)c1ccc2nc(CN3CCc4cc(C(F)(F)F)c(OCc5ccc(Cl)cc5Cl)nc4C3)n(C[C@@H]3CCO3)c2c1F. The van der Waals surface area contributed by atoms with Crippen molar-refractivity contribution in [3.05, 3.63) is 86.0 Å². The maximum atomic E-state index is 15.3. The van der Waals surface area contributed by atoms with E-state index in [1.807, 2.05) is 4.90 Å². The summed E-state index contributed by atoms with van der Waals surface area (Å²) in [6, 6.07) is 8.33. The number of carboxylic acid groups (broad SMARTS) is 1. The molecule has 0 spiro atoms. The average Bonchev–Trinajstić information content (AvgIpc) is 3.26. The molecule has 0 aliphatic carbocycles. The van der Waals surface area contributed by atoms with Gasteiger partial charge in [-0.2, -0.15) is 13.2 Å². The van der Waals surface area contributed by atoms with E-state index in [1.54, 1.807) is 16.7 Å². The van der Waals surface area contributed by atoms with Crippen LogP contribution in [-0.2, 0) is 43.6 Å². The van der Waals surface area contributed by atoms with Crippen molar-refractivity contribution >= 4 is 40.2 Å². The first-order chi connectivity index (χ1) is 20.5. The van der Waals surface area contributed by atoms with Crippen molar-refractivity contribution in [3.8, 4) is 5.88 Å². The van der Waals surface area contributed by atoms with Crippen LogP contribution in [0.2, 0.25) is 10.0 Å². The smallest absolute Gasteiger partial charge is 0.421 e. The predicted octanol–water partition coefficient (Wildman–Crippen LogP) is 6.52. The Bertz CT molecular complexity index is 1730. The van der Waals surface area contributed by atoms with Crippen molar-refractivity contribution in [1.29, 1.82) is 0 Å². The van der Waals surface area contributed by atoms with Crippen molar-refractivity contribution in [2.75, 3.05) is 13.2 Å². The van der Waals surface area contributed by atoms with Crippen molar-refractivity contribution in [1.82, 2.24) is 19.4 Å². The molecule has 4 aromatic rings. The van der Waals surface area contributed by atoms with E-state index in [4.69, 9.17) is 32.7 Å². The van der Waals surface area contributed by atoms with Gasteiger partial charge in [-0.15, -0.1) is 0 Å². The second-order valence-corrected chi connectivity index (χ2v) is 11.3. The molecule has 2 aromatic carbocycles. The number of carboxylic acids is 1. The van der Waals surface area contributed by atoms with E-state index in [1.165, 1.54) is 18.2 Å². The van der Waals surface area contributed by atoms with Gasteiger partial charge in [-0.05, 0) is 48.7 Å². The Hall–Kier alpha value is -3.45. The molecule has 0 bridgehead atoms. The quantitative estimate of drug-likeness (QED) is 0.220. The van der Waals surface area contributed by atoms with Crippen LogP contribution in [0, 0.1) is 5.82 Å². The number of nitrogens with zero attached hydrogens (tertiary/aromatic N) is 4. The lowest BCUT2D eigenvalue weighted by Crippen LogP contribution is -2.35. The molecule has 43 heavy (non-hydrogen) atoms. The lowest BCUT2D eigenvalue weighted by molar-refractivity contribution is -0.139. The first-order valence-electron chi connectivity index (χ1n) is 13.4. The van der Waals surface area contributed by atoms with E-state index in [2.05, 4.69) is 9.97 Å². The number of alkyl halides is 3. The van der Waals surface area contributed by atoms with Crippen molar-refractivity contribution < 1.29 is 36.9 Å². The fourth-order valence-corrected chi connectivity index (χ4v) is 5.74. The second kappa shape index (κ2) is 11.6. The Morgan fingerprint density at radius 1 is 1.16 bits per heavy atom. The number of rotatable bonds is 8. The zero-order valence-corrected chi connectivity index (χ0v) is 23.9. The molecule has 0 amide bonds. The summed E-state index contributed by atoms with van der Waals surface area (Å²) in [7, 11) is 0. The van der Waals surface area contributed by atoms with Gasteiger partial charge in [-0.1, -0.05) is 29.3 Å². The van der Waals surface area contributed by atoms with Gasteiger partial charge in [-0.25, -0.2) is 19.2 Å². The van der Waals surface area contributed by atoms with E-state index >= 15 is 4.39 Å². The zero-order chi connectivity index (χ0) is 30.5. The predicted molar refractivity (Wildman–Crippen MR) is 149 cm³/mol. The van der Waals surface area contributed by atoms with Gasteiger partial charge in [0.1, 0.15) is 23.5 Å². The molecule has 0 saturated carbocycles. The molecule has 4 heterocycles. The van der Waals surface area contributed by atoms with Crippen LogP contribution < -0.4 is 4.74 Å². The van der Waals surface area contributed by atoms with Crippen LogP contribution in [0.3, 0.4) is 0 Å². The highest BCUT2D eigenvalue weighted by atomic mass is 35.5. The highest BCUT2D eigenvalue weighted by Gasteiger charge is 2.37. The highest BCUT2D eigenvalue weighted by Crippen LogP contribution is 2.38. The number of aromatic carboxylic acids is 1. The summed E-state index contributed by atoms with van der Waals surface area (Å²) in [6.45, 7) is 1.44. The van der Waals surface area contributed by atoms with E-state index in [9.17, 15) is 23.1 Å². The molecular formula is C29H24Cl2F4N4O4. The molecule has 8 nitrogen and oxygen atoms in total. The number of hydrogen-bond acceptors (Lipinski definition) is 6. The van der Waals surface area contributed by atoms with Gasteiger partial charge in [-0.3, -0.25) is 4.90 Å². The van der Waals surface area contributed by atoms with Gasteiger partial charge in [0.25, 0.3) is 0 Å². The number of carbonyl (C=O) groups is 1. The third-order valence-electron chi connectivity index (χ3n) is 7.61. The molecule has 226 valence electrons. The lowest BCUT2D eigenvalue weighted by Gasteiger charge is -2.30. The van der Waals surface area contributed by atoms with Crippen LogP contribution in [-0.4, -0.2) is 49.8 Å². The first kappa shape index (κ1) is 29.6. The summed E-state index contributed by atoms with van der Waals surface area (Å²) in [5.41, 5.74) is 0.268. The Morgan fingerprint density at radius 3 is 2.63 bits per heavy atom. The number of aromatic nitrogens is 3. The van der Waals surface area contributed by atoms with Crippen LogP contribution in [0.25, 0.3) is 11.0 Å². The molecule has 1 saturated heterocycles. The number of hydrogen-bond donors (Lipinski definition) is 1. The molecule has 14 heteroatoms. The zero-order valence-electron chi connectivity index (χ0n) is 22.4. The maximum absolute atomic E-state index is 15.3. The summed E-state index contributed by atoms with van der Waals surface area (Å²) in [6.07, 6.45) is -3.79. The minimum absolute atomic E-state index is 0.0762. The number of imidazole rings is 1. The van der Waals surface area contributed by atoms with Gasteiger partial charge in [0.05, 0.1) is 36.0 Å². The first-order valence-corrected chi connectivity index (χ1v) is 14.1. The van der Waals surface area contributed by atoms with E-state index in [0.717, 1.165) is 12.5 Å². The Morgan fingerprint density at radius 2 is 1.95 bits per heavy atom. The Balaban J connectivity index is 1.29. The van der Waals surface area contributed by atoms with Crippen molar-refractivity contribution in [3.63, 3.8) is 0 Å². The summed E-state index contributed by atoms with van der Waals surface area (Å²) in [5, 5.41) is 10.1. The molecule has 2 aromatic heterocycles. The number of fused-ring (bicyclic) bond motifs is 2. The normalized spacial score (nSPS) is 17.1. The standard InChI is InChI=1S/C29H24Cl2F4N4O4/c30-17-2-1-16(21(31)10-17)14-43-27-20(29(33,34)35)9-15-5-7-38(12-23(15)37-27)13-24-36-22-4-3-19(28(40)41)25(32)26(22)39(24)11-18-6-8-42-18/h1-4,9-10,18H,5-8,11-14H2,(H,40,41)/t18-/m0/s1. The van der Waals surface area contributed by atoms with Crippen molar-refractivity contribution in [2.24, 2.45) is 0 Å². The van der Waals surface area contributed by atoms with Crippen LogP contribution >= 0.6 is 23.2 Å².